The Morgan fingerprint density at radius 1 is 1.19 bits per heavy atom. The van der Waals surface area contributed by atoms with Crippen molar-refractivity contribution in [3.63, 3.8) is 0 Å². The number of carbonyl (C=O) groups is 1. The predicted molar refractivity (Wildman–Crippen MR) is 134 cm³/mol. The van der Waals surface area contributed by atoms with Gasteiger partial charge in [-0.25, -0.2) is 9.66 Å². The van der Waals surface area contributed by atoms with E-state index in [-0.39, 0.29) is 17.2 Å². The normalized spacial score (nSPS) is 12.1. The molecule has 32 heavy (non-hydrogen) atoms. The highest BCUT2D eigenvalue weighted by molar-refractivity contribution is 7.99. The van der Waals surface area contributed by atoms with E-state index in [4.69, 9.17) is 5.84 Å². The Balaban J connectivity index is 1.48. The smallest absolute Gasteiger partial charge is 0.282 e. The van der Waals surface area contributed by atoms with Crippen molar-refractivity contribution in [3.05, 3.63) is 75.9 Å². The molecular weight excluding hydrogens is 440 g/mol. The van der Waals surface area contributed by atoms with E-state index in [2.05, 4.69) is 24.1 Å². The number of thiophene rings is 1. The number of nitrogens with two attached hydrogens (primary N) is 1. The molecule has 2 aromatic heterocycles. The van der Waals surface area contributed by atoms with E-state index in [0.717, 1.165) is 39.7 Å². The van der Waals surface area contributed by atoms with Crippen LogP contribution in [0.15, 0.2) is 69.9 Å². The Kier molecular flexibility index (Phi) is 6.62. The minimum absolute atomic E-state index is 0.0964. The highest BCUT2D eigenvalue weighted by atomic mass is 32.2. The third-order valence-corrected chi connectivity index (χ3v) is 7.23. The lowest BCUT2D eigenvalue weighted by atomic mass is 9.99. The highest BCUT2D eigenvalue weighted by Gasteiger charge is 2.17. The summed E-state index contributed by atoms with van der Waals surface area (Å²) in [5, 5.41) is 5.61. The average molecular weight is 465 g/mol. The van der Waals surface area contributed by atoms with Crippen LogP contribution < -0.4 is 16.7 Å². The summed E-state index contributed by atoms with van der Waals surface area (Å²) in [7, 11) is 0. The molecule has 8 heteroatoms. The standard InChI is InChI=1S/C24H24N4O2S2/c1-3-15(2)16-9-11-18(12-10-16)26-20(29)14-32-24-27-22-21(23(30)28(24)25)19(13-31-22)17-7-5-4-6-8-17/h4-13,15H,3,14,25H2,1-2H3,(H,26,29). The molecule has 0 aliphatic carbocycles. The summed E-state index contributed by atoms with van der Waals surface area (Å²) in [6.45, 7) is 4.33. The Labute approximate surface area is 194 Å². The van der Waals surface area contributed by atoms with Gasteiger partial charge < -0.3 is 11.2 Å². The van der Waals surface area contributed by atoms with E-state index >= 15 is 0 Å². The van der Waals surface area contributed by atoms with Crippen LogP contribution in [-0.2, 0) is 4.79 Å². The zero-order chi connectivity index (χ0) is 22.7. The van der Waals surface area contributed by atoms with E-state index < -0.39 is 0 Å². The van der Waals surface area contributed by atoms with Crippen molar-refractivity contribution in [1.29, 1.82) is 0 Å². The second kappa shape index (κ2) is 9.58. The number of nitrogens with one attached hydrogen (secondary N) is 1. The maximum atomic E-state index is 12.9. The van der Waals surface area contributed by atoms with E-state index in [9.17, 15) is 9.59 Å². The van der Waals surface area contributed by atoms with Crippen LogP contribution in [0.4, 0.5) is 5.69 Å². The molecule has 1 unspecified atom stereocenters. The number of thioether (sulfide) groups is 1. The minimum atomic E-state index is -0.321. The molecule has 0 aliphatic rings. The third kappa shape index (κ3) is 4.56. The zero-order valence-corrected chi connectivity index (χ0v) is 19.5. The minimum Gasteiger partial charge on any atom is -0.334 e. The third-order valence-electron chi connectivity index (χ3n) is 5.40. The van der Waals surface area contributed by atoms with Gasteiger partial charge in [-0.1, -0.05) is 68.1 Å². The van der Waals surface area contributed by atoms with E-state index in [1.165, 1.54) is 16.9 Å². The van der Waals surface area contributed by atoms with Gasteiger partial charge >= 0.3 is 0 Å². The largest absolute Gasteiger partial charge is 0.334 e. The number of fused-ring (bicyclic) bond motifs is 1. The van der Waals surface area contributed by atoms with Crippen molar-refractivity contribution in [1.82, 2.24) is 9.66 Å². The van der Waals surface area contributed by atoms with E-state index in [1.807, 2.05) is 60.0 Å². The van der Waals surface area contributed by atoms with E-state index in [0.29, 0.717) is 21.3 Å². The van der Waals surface area contributed by atoms with Crippen LogP contribution in [0.1, 0.15) is 31.7 Å². The lowest BCUT2D eigenvalue weighted by Crippen LogP contribution is -2.30. The zero-order valence-electron chi connectivity index (χ0n) is 17.9. The Morgan fingerprint density at radius 2 is 1.91 bits per heavy atom. The molecule has 3 N–H and O–H groups in total. The van der Waals surface area contributed by atoms with Crippen molar-refractivity contribution < 1.29 is 4.79 Å². The molecular formula is C24H24N4O2S2. The number of benzene rings is 2. The number of hydrogen-bond acceptors (Lipinski definition) is 6. The second-order valence-corrected chi connectivity index (χ2v) is 9.33. The van der Waals surface area contributed by atoms with Gasteiger partial charge in [-0.2, -0.15) is 0 Å². The van der Waals surface area contributed by atoms with Gasteiger partial charge in [0, 0.05) is 16.6 Å². The molecule has 6 nitrogen and oxygen atoms in total. The van der Waals surface area contributed by atoms with Gasteiger partial charge in [0.05, 0.1) is 11.1 Å². The van der Waals surface area contributed by atoms with Gasteiger partial charge in [0.2, 0.25) is 5.91 Å². The van der Waals surface area contributed by atoms with Crippen molar-refractivity contribution in [2.45, 2.75) is 31.3 Å². The maximum Gasteiger partial charge on any atom is 0.282 e. The molecule has 0 fully saturated rings. The fourth-order valence-corrected chi connectivity index (χ4v) is 5.08. The molecule has 4 aromatic rings. The molecule has 0 spiro atoms. The van der Waals surface area contributed by atoms with Crippen LogP contribution in [0.25, 0.3) is 21.3 Å². The molecule has 0 saturated carbocycles. The monoisotopic (exact) mass is 464 g/mol. The average Bonchev–Trinajstić information content (AvgIpc) is 3.25. The molecule has 0 bridgehead atoms. The Morgan fingerprint density at radius 3 is 2.59 bits per heavy atom. The fraction of sp³-hybridized carbons (Fsp3) is 0.208. The Bertz CT molecular complexity index is 1300. The first-order valence-electron chi connectivity index (χ1n) is 10.3. The maximum absolute atomic E-state index is 12.9. The van der Waals surface area contributed by atoms with Gasteiger partial charge in [-0.3, -0.25) is 9.59 Å². The number of nitrogens with zero attached hydrogens (tertiary/aromatic N) is 2. The first-order valence-corrected chi connectivity index (χ1v) is 12.2. The number of hydrogen-bond donors (Lipinski definition) is 2. The van der Waals surface area contributed by atoms with Crippen molar-refractivity contribution in [2.75, 3.05) is 16.9 Å². The van der Waals surface area contributed by atoms with Gasteiger partial charge in [0.1, 0.15) is 4.83 Å². The quantitative estimate of drug-likeness (QED) is 0.226. The summed E-state index contributed by atoms with van der Waals surface area (Å²) in [6, 6.07) is 17.6. The first-order chi connectivity index (χ1) is 15.5. The van der Waals surface area contributed by atoms with Crippen LogP contribution in [-0.4, -0.2) is 21.3 Å². The van der Waals surface area contributed by atoms with Crippen LogP contribution in [0.2, 0.25) is 0 Å². The van der Waals surface area contributed by atoms with Gasteiger partial charge in [0.15, 0.2) is 5.16 Å². The second-order valence-electron chi connectivity index (χ2n) is 7.53. The molecule has 2 heterocycles. The molecule has 1 atom stereocenters. The van der Waals surface area contributed by atoms with Crippen molar-refractivity contribution >= 4 is 44.9 Å². The summed E-state index contributed by atoms with van der Waals surface area (Å²) in [5.41, 5.74) is 3.42. The summed E-state index contributed by atoms with van der Waals surface area (Å²) in [6.07, 6.45) is 1.07. The SMILES string of the molecule is CCC(C)c1ccc(NC(=O)CSc2nc3scc(-c4ccccc4)c3c(=O)n2N)cc1. The molecule has 0 aliphatic heterocycles. The summed E-state index contributed by atoms with van der Waals surface area (Å²) >= 11 is 2.54. The molecule has 164 valence electrons. The van der Waals surface area contributed by atoms with Crippen LogP contribution in [0.3, 0.4) is 0 Å². The number of amides is 1. The summed E-state index contributed by atoms with van der Waals surface area (Å²) in [5.74, 6) is 6.44. The lowest BCUT2D eigenvalue weighted by Gasteiger charge is -2.11. The summed E-state index contributed by atoms with van der Waals surface area (Å²) in [4.78, 5) is 30.5. The number of anilines is 1. The number of rotatable bonds is 7. The topological polar surface area (TPSA) is 90.0 Å². The van der Waals surface area contributed by atoms with Crippen LogP contribution in [0, 0.1) is 0 Å². The van der Waals surface area contributed by atoms with Gasteiger partial charge in [0.25, 0.3) is 5.56 Å². The predicted octanol–water partition coefficient (Wildman–Crippen LogP) is 5.08. The summed E-state index contributed by atoms with van der Waals surface area (Å²) < 4.78 is 1.03. The molecule has 4 rings (SSSR count). The number of carbonyl (C=O) groups excluding carboxylic acids is 1. The van der Waals surface area contributed by atoms with Gasteiger partial charge in [-0.05, 0) is 35.6 Å². The highest BCUT2D eigenvalue weighted by Crippen LogP contribution is 2.31. The van der Waals surface area contributed by atoms with Gasteiger partial charge in [-0.15, -0.1) is 11.3 Å². The van der Waals surface area contributed by atoms with Crippen molar-refractivity contribution in [2.24, 2.45) is 0 Å². The molecule has 0 saturated heterocycles. The molecule has 0 radical (unpaired) electrons. The van der Waals surface area contributed by atoms with Crippen LogP contribution in [0.5, 0.6) is 0 Å². The Hall–Kier alpha value is -3.10. The number of aromatic nitrogens is 2. The van der Waals surface area contributed by atoms with Crippen molar-refractivity contribution in [3.8, 4) is 11.1 Å². The molecule has 1 amide bonds. The number of nitrogen functional groups attached to an aromatic ring is 1. The van der Waals surface area contributed by atoms with Crippen LogP contribution >= 0.6 is 23.1 Å². The first kappa shape index (κ1) is 22.1. The van der Waals surface area contributed by atoms with E-state index in [1.54, 1.807) is 0 Å². The fourth-order valence-electron chi connectivity index (χ4n) is 3.37. The lowest BCUT2D eigenvalue weighted by molar-refractivity contribution is -0.113. The molecule has 2 aromatic carbocycles.